The van der Waals surface area contributed by atoms with Crippen molar-refractivity contribution in [3.05, 3.63) is 165 Å². The molecule has 0 aliphatic carbocycles. The smallest absolute Gasteiger partial charge is 0.508 e. The molecule has 0 aliphatic rings. The van der Waals surface area contributed by atoms with Gasteiger partial charge in [-0.25, -0.2) is 0 Å². The molecule has 0 spiro atoms. The van der Waals surface area contributed by atoms with Crippen molar-refractivity contribution in [1.29, 1.82) is 0 Å². The van der Waals surface area contributed by atoms with Crippen molar-refractivity contribution < 1.29 is 27.7 Å². The molecule has 304 valence electrons. The molecule has 6 aromatic carbocycles. The number of benzene rings is 6. The molecule has 6 rings (SSSR count). The Kier molecular flexibility index (Phi) is 15.3. The highest BCUT2D eigenvalue weighted by molar-refractivity contribution is 7.43. The molecule has 0 saturated carbocycles. The molecule has 0 saturated heterocycles. The molecule has 6 nitrogen and oxygen atoms in total. The van der Waals surface area contributed by atoms with E-state index in [-0.39, 0.29) is 9.03 Å². The average Bonchev–Trinajstić information content (AvgIpc) is 3.18. The van der Waals surface area contributed by atoms with Gasteiger partial charge >= 0.3 is 8.60 Å². The lowest BCUT2D eigenvalue weighted by molar-refractivity contribution is 0.385. The molecule has 0 aromatic heterocycles. The summed E-state index contributed by atoms with van der Waals surface area (Å²) in [7, 11) is -2.18. The first-order chi connectivity index (χ1) is 27.7. The highest BCUT2D eigenvalue weighted by Crippen LogP contribution is 2.53. The second-order valence-corrected chi connectivity index (χ2v) is 17.0. The van der Waals surface area contributed by atoms with Crippen LogP contribution in [0.1, 0.15) is 95.2 Å². The second kappa shape index (κ2) is 20.1. The summed E-state index contributed by atoms with van der Waals surface area (Å²) in [5.41, 5.74) is 12.8. The first-order valence-corrected chi connectivity index (χ1v) is 21.7. The zero-order valence-corrected chi connectivity index (χ0v) is 37.9. The van der Waals surface area contributed by atoms with Gasteiger partial charge in [0.25, 0.3) is 9.03 Å². The topological polar surface area (TPSA) is 66.4 Å². The number of aryl methyl sites for hydroxylation is 6. The molecule has 0 radical (unpaired) electrons. The lowest BCUT2D eigenvalue weighted by atomic mass is 9.83. The van der Waals surface area contributed by atoms with Crippen molar-refractivity contribution in [2.24, 2.45) is 0 Å². The van der Waals surface area contributed by atoms with Gasteiger partial charge in [-0.1, -0.05) is 113 Å². The SMILES string of the molecule is Cc1ccccc1O.Cc1ccccc1OPOc1c(C)cc(C(C)C)c(C)c1-c1c(C)c(C(C)C)cc(C)c1OP(Oc1ccccc1C)Oc1ccccc1C. The van der Waals surface area contributed by atoms with Crippen molar-refractivity contribution in [3.63, 3.8) is 0 Å². The van der Waals surface area contributed by atoms with Crippen molar-refractivity contribution in [3.8, 4) is 45.6 Å². The number of rotatable bonds is 13. The molecule has 1 unspecified atom stereocenters. The van der Waals surface area contributed by atoms with Gasteiger partial charge in [-0.3, -0.25) is 0 Å². The van der Waals surface area contributed by atoms with E-state index in [1.165, 1.54) is 11.1 Å². The van der Waals surface area contributed by atoms with E-state index in [4.69, 9.17) is 27.7 Å². The fourth-order valence-electron chi connectivity index (χ4n) is 6.84. The Balaban J connectivity index is 0.000000714. The summed E-state index contributed by atoms with van der Waals surface area (Å²) in [6.07, 6.45) is 0. The van der Waals surface area contributed by atoms with Gasteiger partial charge in [-0.15, -0.1) is 0 Å². The van der Waals surface area contributed by atoms with Crippen LogP contribution in [-0.4, -0.2) is 5.11 Å². The van der Waals surface area contributed by atoms with Gasteiger partial charge in [0, 0.05) is 11.1 Å². The first-order valence-electron chi connectivity index (χ1n) is 19.8. The number of phenols is 1. The second-order valence-electron chi connectivity index (χ2n) is 15.4. The van der Waals surface area contributed by atoms with E-state index in [9.17, 15) is 0 Å². The highest BCUT2D eigenvalue weighted by Gasteiger charge is 2.30. The molecule has 58 heavy (non-hydrogen) atoms. The third-order valence-electron chi connectivity index (χ3n) is 10.2. The Morgan fingerprint density at radius 2 is 0.845 bits per heavy atom. The minimum atomic E-state index is -1.94. The fourth-order valence-corrected chi connectivity index (χ4v) is 8.77. The van der Waals surface area contributed by atoms with Crippen LogP contribution in [0.15, 0.2) is 109 Å². The lowest BCUT2D eigenvalue weighted by Gasteiger charge is -2.28. The number of para-hydroxylation sites is 4. The Morgan fingerprint density at radius 1 is 0.448 bits per heavy atom. The van der Waals surface area contributed by atoms with Crippen LogP contribution in [0.3, 0.4) is 0 Å². The van der Waals surface area contributed by atoms with Crippen molar-refractivity contribution >= 4 is 17.6 Å². The molecular weight excluding hydrogens is 758 g/mol. The summed E-state index contributed by atoms with van der Waals surface area (Å²) in [5.74, 6) is 4.71. The van der Waals surface area contributed by atoms with Gasteiger partial charge in [0.2, 0.25) is 0 Å². The standard InChI is InChI=1S/C43H50O5P2.C7H8O/c1-26(2)35-24-31(8)42(45-49-44-37-21-15-12-18-28(37)5)40(33(35)10)41-34(11)36(27(3)4)25-32(9)43(41)48-50(46-38-22-16-13-19-29(38)6)47-39-23-17-14-20-30(39)7;1-6-4-2-3-5-7(6)8/h12-27,49H,1-11H3;2-5,8H,1H3. The molecule has 6 aromatic rings. The molecule has 0 aliphatic heterocycles. The number of phenolic OH excluding ortho intramolecular Hbond substituents is 1. The molecule has 8 heteroatoms. The van der Waals surface area contributed by atoms with E-state index in [1.54, 1.807) is 6.07 Å². The Morgan fingerprint density at radius 3 is 1.26 bits per heavy atom. The zero-order valence-electron chi connectivity index (χ0n) is 36.0. The van der Waals surface area contributed by atoms with Gasteiger partial charge in [-0.05, 0) is 147 Å². The van der Waals surface area contributed by atoms with Gasteiger partial charge in [0.1, 0.15) is 34.5 Å². The first kappa shape index (κ1) is 44.1. The van der Waals surface area contributed by atoms with Crippen LogP contribution in [0, 0.1) is 55.4 Å². The molecule has 0 fully saturated rings. The van der Waals surface area contributed by atoms with E-state index in [0.29, 0.717) is 29.1 Å². The predicted octanol–water partition coefficient (Wildman–Crippen LogP) is 15.2. The molecule has 0 heterocycles. The van der Waals surface area contributed by atoms with Crippen LogP contribution in [0.5, 0.6) is 34.5 Å². The van der Waals surface area contributed by atoms with Crippen LogP contribution < -0.4 is 22.6 Å². The van der Waals surface area contributed by atoms with E-state index >= 15 is 0 Å². The quantitative estimate of drug-likeness (QED) is 0.117. The number of aromatic hydroxyl groups is 1. The molecule has 1 atom stereocenters. The lowest BCUT2D eigenvalue weighted by Crippen LogP contribution is -2.09. The molecule has 0 amide bonds. The van der Waals surface area contributed by atoms with E-state index in [0.717, 1.165) is 72.9 Å². The normalized spacial score (nSPS) is 11.2. The maximum atomic E-state index is 8.92. The van der Waals surface area contributed by atoms with E-state index < -0.39 is 8.60 Å². The maximum Gasteiger partial charge on any atom is 0.530 e. The Labute approximate surface area is 349 Å². The van der Waals surface area contributed by atoms with Crippen molar-refractivity contribution in [2.45, 2.75) is 94.9 Å². The summed E-state index contributed by atoms with van der Waals surface area (Å²) < 4.78 is 33.1. The van der Waals surface area contributed by atoms with Gasteiger partial charge in [0.05, 0.1) is 0 Å². The van der Waals surface area contributed by atoms with Crippen molar-refractivity contribution in [2.75, 3.05) is 0 Å². The Bertz CT molecular complexity index is 2260. The molecule has 0 bridgehead atoms. The molecule has 1 N–H and O–H groups in total. The summed E-state index contributed by atoms with van der Waals surface area (Å²) in [5, 5.41) is 8.92. The van der Waals surface area contributed by atoms with Gasteiger partial charge in [0.15, 0.2) is 0 Å². The highest BCUT2D eigenvalue weighted by atomic mass is 31.2. The van der Waals surface area contributed by atoms with Crippen LogP contribution in [0.4, 0.5) is 0 Å². The van der Waals surface area contributed by atoms with Gasteiger partial charge in [-0.2, -0.15) is 0 Å². The number of hydrogen-bond acceptors (Lipinski definition) is 6. The summed E-state index contributed by atoms with van der Waals surface area (Å²) in [4.78, 5) is 0. The number of hydrogen-bond donors (Lipinski definition) is 1. The average molecular weight is 817 g/mol. The Hall–Kier alpha value is -5.02. The monoisotopic (exact) mass is 816 g/mol. The van der Waals surface area contributed by atoms with Gasteiger partial charge < -0.3 is 27.7 Å². The third-order valence-corrected chi connectivity index (χ3v) is 11.8. The summed E-state index contributed by atoms with van der Waals surface area (Å²) in [6.45, 7) is 25.5. The van der Waals surface area contributed by atoms with Crippen molar-refractivity contribution in [1.82, 2.24) is 0 Å². The van der Waals surface area contributed by atoms with Crippen LogP contribution in [0.25, 0.3) is 11.1 Å². The zero-order chi connectivity index (χ0) is 42.1. The minimum Gasteiger partial charge on any atom is -0.508 e. The summed E-state index contributed by atoms with van der Waals surface area (Å²) in [6, 6.07) is 35.7. The van der Waals surface area contributed by atoms with E-state index in [1.807, 2.05) is 119 Å². The van der Waals surface area contributed by atoms with E-state index in [2.05, 4.69) is 67.5 Å². The largest absolute Gasteiger partial charge is 0.530 e. The van der Waals surface area contributed by atoms with Crippen LogP contribution in [0.2, 0.25) is 0 Å². The molecular formula is C50H58O6P2. The third kappa shape index (κ3) is 10.7. The fraction of sp³-hybridized carbons (Fsp3) is 0.280. The van der Waals surface area contributed by atoms with Crippen LogP contribution >= 0.6 is 17.6 Å². The minimum absolute atomic E-state index is 0.239. The summed E-state index contributed by atoms with van der Waals surface area (Å²) >= 11 is 0. The van der Waals surface area contributed by atoms with Crippen LogP contribution in [-0.2, 0) is 0 Å². The maximum absolute atomic E-state index is 8.92. The predicted molar refractivity (Wildman–Crippen MR) is 244 cm³/mol.